The van der Waals surface area contributed by atoms with Crippen LogP contribution in [0, 0.1) is 11.8 Å². The molecule has 0 spiro atoms. The minimum Gasteiger partial charge on any atom is -0.771 e. The zero-order valence-corrected chi connectivity index (χ0v) is 20.4. The minimum absolute atomic E-state index is 0.531. The van der Waals surface area contributed by atoms with Crippen molar-refractivity contribution >= 4 is 79.9 Å². The lowest BCUT2D eigenvalue weighted by Gasteiger charge is -2.21. The molecule has 0 aromatic carbocycles. The van der Waals surface area contributed by atoms with E-state index in [-0.39, 0.29) is 0 Å². The molecule has 0 saturated heterocycles. The van der Waals surface area contributed by atoms with Crippen molar-refractivity contribution in [3.8, 4) is 0 Å². The molecule has 6 unspecified atom stereocenters. The molecule has 0 bridgehead atoms. The molecule has 0 aliphatic heterocycles. The van der Waals surface area contributed by atoms with Crippen LogP contribution in [0.3, 0.4) is 0 Å². The van der Waals surface area contributed by atoms with Gasteiger partial charge in [0.2, 0.25) is 23.1 Å². The normalized spacial score (nSPS) is 18.9. The molecule has 0 aliphatic carbocycles. The summed E-state index contributed by atoms with van der Waals surface area (Å²) in [6.45, 7) is 1.24. The summed E-state index contributed by atoms with van der Waals surface area (Å²) in [6, 6.07) is 0. The van der Waals surface area contributed by atoms with Crippen LogP contribution in [0.1, 0.15) is 13.8 Å². The second-order valence-electron chi connectivity index (χ2n) is 6.07. The fourth-order valence-electron chi connectivity index (χ4n) is 1.80. The number of carbonyl (C=O) groups excluding carboxylic acids is 4. The van der Waals surface area contributed by atoms with Crippen LogP contribution in [0.15, 0.2) is 10.3 Å². The van der Waals surface area contributed by atoms with Crippen LogP contribution in [0.2, 0.25) is 0 Å². The topological polar surface area (TPSA) is 272 Å². The molecule has 0 radical (unpaired) electrons. The summed E-state index contributed by atoms with van der Waals surface area (Å²) < 4.78 is 81.0. The Morgan fingerprint density at radius 3 is 1.15 bits per heavy atom. The summed E-state index contributed by atoms with van der Waals surface area (Å²) in [5.41, 5.74) is 0. The highest BCUT2D eigenvalue weighted by molar-refractivity contribution is 7.99. The maximum Gasteiger partial charge on any atom is 0.224 e. The average molecular weight is 565 g/mol. The van der Waals surface area contributed by atoms with Gasteiger partial charge in [-0.2, -0.15) is 0 Å². The van der Waals surface area contributed by atoms with Gasteiger partial charge < -0.3 is 27.9 Å². The Labute approximate surface area is 202 Å². The van der Waals surface area contributed by atoms with E-state index < -0.39 is 102 Å². The number of oxime groups is 2. The van der Waals surface area contributed by atoms with E-state index in [1.165, 1.54) is 0 Å². The molecule has 0 fully saturated rings. The van der Waals surface area contributed by atoms with Crippen molar-refractivity contribution in [3.05, 3.63) is 0 Å². The monoisotopic (exact) mass is 564 g/mol. The van der Waals surface area contributed by atoms with Gasteiger partial charge in [-0.15, -0.1) is 0 Å². The Hall–Kier alpha value is -1.94. The van der Waals surface area contributed by atoms with Crippen molar-refractivity contribution in [2.45, 2.75) is 23.0 Å². The van der Waals surface area contributed by atoms with Crippen molar-refractivity contribution in [2.75, 3.05) is 13.2 Å². The van der Waals surface area contributed by atoms with Gasteiger partial charge in [0.1, 0.15) is 22.4 Å². The van der Waals surface area contributed by atoms with Crippen molar-refractivity contribution in [1.82, 2.24) is 0 Å². The van der Waals surface area contributed by atoms with E-state index in [9.17, 15) is 54.2 Å². The molecule has 0 aromatic rings. The van der Waals surface area contributed by atoms with E-state index in [0.717, 1.165) is 26.3 Å². The molecule has 194 valence electrons. The van der Waals surface area contributed by atoms with Crippen LogP contribution in [-0.4, -0.2) is 93.0 Å². The lowest BCUT2D eigenvalue weighted by atomic mass is 10.1. The number of nitrogens with zero attached hydrogens (tertiary/aromatic N) is 2. The summed E-state index contributed by atoms with van der Waals surface area (Å²) in [6.07, 6.45) is 1.74. The lowest BCUT2D eigenvalue weighted by molar-refractivity contribution is -0.138. The van der Waals surface area contributed by atoms with Gasteiger partial charge in [0.05, 0.1) is 24.3 Å². The second kappa shape index (κ2) is 15.9. The molecule has 20 heteroatoms. The van der Waals surface area contributed by atoms with Gasteiger partial charge in [-0.05, 0) is 44.3 Å². The smallest absolute Gasteiger partial charge is 0.224 e. The highest BCUT2D eigenvalue weighted by Gasteiger charge is 2.32. The Bertz CT molecular complexity index is 833. The van der Waals surface area contributed by atoms with Gasteiger partial charge in [0, 0.05) is 0 Å². The van der Waals surface area contributed by atoms with Gasteiger partial charge >= 0.3 is 0 Å². The molecule has 34 heavy (non-hydrogen) atoms. The molecule has 0 rings (SSSR count). The predicted octanol–water partition coefficient (Wildman–Crippen LogP) is -3.29. The fraction of sp³-hybridized carbons (Fsp3) is 0.571. The van der Waals surface area contributed by atoms with Crippen LogP contribution < -0.4 is 0 Å². The van der Waals surface area contributed by atoms with Crippen molar-refractivity contribution in [3.63, 3.8) is 0 Å². The first-order valence-corrected chi connectivity index (χ1v) is 13.1. The SMILES string of the molecule is CC(CO/N=C/C=N/OCC(C)C(=O)C(=O)C(S(=O)[O-])S(=O)[O-])C(=O)C(=O)C(S(=O)[O-])S(=O)[O-]. The van der Waals surface area contributed by atoms with E-state index in [1.54, 1.807) is 0 Å². The van der Waals surface area contributed by atoms with Gasteiger partial charge in [-0.1, -0.05) is 24.2 Å². The molecule has 16 nitrogen and oxygen atoms in total. The molecular weight excluding hydrogens is 548 g/mol. The van der Waals surface area contributed by atoms with Crippen molar-refractivity contribution in [2.24, 2.45) is 22.1 Å². The predicted molar refractivity (Wildman–Crippen MR) is 110 cm³/mol. The third-order valence-electron chi connectivity index (χ3n) is 3.49. The quantitative estimate of drug-likeness (QED) is 0.0724. The highest BCUT2D eigenvalue weighted by Crippen LogP contribution is 2.09. The van der Waals surface area contributed by atoms with Crippen molar-refractivity contribution < 1.29 is 63.9 Å². The highest BCUT2D eigenvalue weighted by atomic mass is 32.3. The fourth-order valence-corrected chi connectivity index (χ4v) is 3.99. The summed E-state index contributed by atoms with van der Waals surface area (Å²) in [5, 5.41) is 6.58. The molecule has 0 saturated carbocycles. The standard InChI is InChI=1S/C14H20N2O14S4/c1-7(9(17)11(19)13(31(21)22)32(23)24)5-29-15-3-4-16-30-6-8(2)10(18)12(20)14(33(25)26)34(27)28/h3-4,7-8,13-14H,5-6H2,1-2H3,(H,21,22)(H,23,24)(H,25,26)(H,27,28)/p-4/b15-3+,16-4+. The van der Waals surface area contributed by atoms with Gasteiger partial charge in [0.25, 0.3) is 0 Å². The summed E-state index contributed by atoms with van der Waals surface area (Å²) in [7, 11) is 0. The van der Waals surface area contributed by atoms with Crippen LogP contribution in [0.4, 0.5) is 0 Å². The van der Waals surface area contributed by atoms with Gasteiger partial charge in [-0.3, -0.25) is 36.0 Å². The average Bonchev–Trinajstić information content (AvgIpc) is 2.72. The molecular formula is C14H16N2O14S4-4. The number of Topliss-reactive ketones (excluding diaryl/α,β-unsaturated/α-hetero) is 4. The molecule has 0 aliphatic rings. The van der Waals surface area contributed by atoms with E-state index in [4.69, 9.17) is 0 Å². The third kappa shape index (κ3) is 10.5. The van der Waals surface area contributed by atoms with Gasteiger partial charge in [0.15, 0.2) is 0 Å². The third-order valence-corrected chi connectivity index (χ3v) is 7.63. The van der Waals surface area contributed by atoms with Crippen LogP contribution in [0.5, 0.6) is 0 Å². The number of hydrogen-bond acceptors (Lipinski definition) is 16. The first-order chi connectivity index (χ1) is 15.7. The number of hydrogen-bond donors (Lipinski definition) is 0. The number of ketones is 4. The van der Waals surface area contributed by atoms with E-state index in [2.05, 4.69) is 20.0 Å². The summed E-state index contributed by atoms with van der Waals surface area (Å²) in [4.78, 5) is 56.2. The Morgan fingerprint density at radius 1 is 0.647 bits per heavy atom. The molecule has 0 amide bonds. The van der Waals surface area contributed by atoms with Crippen LogP contribution in [0.25, 0.3) is 0 Å². The maximum absolute atomic E-state index is 11.8. The minimum atomic E-state index is -3.36. The van der Waals surface area contributed by atoms with E-state index in [0.29, 0.717) is 0 Å². The second-order valence-corrected chi connectivity index (χ2v) is 10.6. The molecule has 0 aromatic heterocycles. The van der Waals surface area contributed by atoms with E-state index >= 15 is 0 Å². The Balaban J connectivity index is 4.55. The zero-order valence-electron chi connectivity index (χ0n) is 17.1. The Kier molecular flexibility index (Phi) is 15.0. The molecule has 6 atom stereocenters. The first-order valence-electron chi connectivity index (χ1n) is 8.51. The molecule has 0 N–H and O–H groups in total. The summed E-state index contributed by atoms with van der Waals surface area (Å²) >= 11 is -13.4. The van der Waals surface area contributed by atoms with Crippen LogP contribution >= 0.6 is 0 Å². The largest absolute Gasteiger partial charge is 0.771 e. The molecule has 0 heterocycles. The van der Waals surface area contributed by atoms with Crippen LogP contribution in [-0.2, 0) is 73.2 Å². The number of carbonyl (C=O) groups is 4. The van der Waals surface area contributed by atoms with Crippen molar-refractivity contribution in [1.29, 1.82) is 0 Å². The zero-order chi connectivity index (χ0) is 26.6. The Morgan fingerprint density at radius 2 is 0.912 bits per heavy atom. The maximum atomic E-state index is 11.8. The van der Waals surface area contributed by atoms with E-state index in [1.807, 2.05) is 0 Å². The summed E-state index contributed by atoms with van der Waals surface area (Å²) in [5.74, 6) is -8.44. The number of rotatable bonds is 17. The first kappa shape index (κ1) is 32.1. The van der Waals surface area contributed by atoms with Gasteiger partial charge in [-0.25, -0.2) is 0 Å². The lowest BCUT2D eigenvalue weighted by Crippen LogP contribution is -2.39.